The van der Waals surface area contributed by atoms with E-state index in [0.717, 1.165) is 17.0 Å². The second-order valence-electron chi connectivity index (χ2n) is 6.21. The van der Waals surface area contributed by atoms with E-state index >= 15 is 0 Å². The van der Waals surface area contributed by atoms with Crippen molar-refractivity contribution in [2.75, 3.05) is 7.05 Å². The highest BCUT2D eigenvalue weighted by Gasteiger charge is 2.13. The highest BCUT2D eigenvalue weighted by atomic mass is 32.1. The topological polar surface area (TPSA) is 62.7 Å². The van der Waals surface area contributed by atoms with Crippen molar-refractivity contribution in [1.82, 2.24) is 24.2 Å². The zero-order valence-electron chi connectivity index (χ0n) is 15.1. The monoisotopic (exact) mass is 376 g/mol. The smallest absolute Gasteiger partial charge is 0.199 e. The predicted octanol–water partition coefficient (Wildman–Crippen LogP) is 3.62. The Kier molecular flexibility index (Phi) is 5.91. The van der Waals surface area contributed by atoms with Gasteiger partial charge in [-0.15, -0.1) is 6.58 Å². The van der Waals surface area contributed by atoms with E-state index in [-0.39, 0.29) is 0 Å². The lowest BCUT2D eigenvalue weighted by Gasteiger charge is -2.16. The Hall–Kier alpha value is -3.08. The first-order valence-electron chi connectivity index (χ1n) is 8.49. The highest BCUT2D eigenvalue weighted by Crippen LogP contribution is 2.18. The van der Waals surface area contributed by atoms with Crippen LogP contribution in [0.5, 0.6) is 0 Å². The normalized spacial score (nSPS) is 10.7. The summed E-state index contributed by atoms with van der Waals surface area (Å²) in [4.78, 5) is 6.28. The van der Waals surface area contributed by atoms with Gasteiger partial charge in [0.15, 0.2) is 10.6 Å². The van der Waals surface area contributed by atoms with E-state index < -0.39 is 0 Å². The first-order chi connectivity index (χ1) is 13.1. The molecule has 0 radical (unpaired) electrons. The van der Waals surface area contributed by atoms with E-state index in [4.69, 9.17) is 22.6 Å². The Morgan fingerprint density at radius 3 is 2.89 bits per heavy atom. The minimum absolute atomic E-state index is 0.535. The summed E-state index contributed by atoms with van der Waals surface area (Å²) in [6, 6.07) is 13.6. The predicted molar refractivity (Wildman–Crippen MR) is 107 cm³/mol. The average Bonchev–Trinajstić information content (AvgIpc) is 2.99. The zero-order chi connectivity index (χ0) is 19.2. The maximum atomic E-state index is 9.05. The van der Waals surface area contributed by atoms with Gasteiger partial charge in [-0.2, -0.15) is 10.4 Å². The van der Waals surface area contributed by atoms with Crippen molar-refractivity contribution in [2.45, 2.75) is 19.8 Å². The van der Waals surface area contributed by atoms with Crippen LogP contribution in [0.3, 0.4) is 0 Å². The number of hydrogen-bond acceptors (Lipinski definition) is 5. The summed E-state index contributed by atoms with van der Waals surface area (Å²) in [5.41, 5.74) is 2.64. The van der Waals surface area contributed by atoms with Crippen molar-refractivity contribution < 1.29 is 0 Å². The summed E-state index contributed by atoms with van der Waals surface area (Å²) in [5, 5.41) is 13.8. The van der Waals surface area contributed by atoms with Gasteiger partial charge >= 0.3 is 0 Å². The molecule has 6 nitrogen and oxygen atoms in total. The van der Waals surface area contributed by atoms with Crippen LogP contribution in [0.1, 0.15) is 11.1 Å². The van der Waals surface area contributed by atoms with Gasteiger partial charge in [0.2, 0.25) is 0 Å². The molecule has 1 aromatic carbocycles. The van der Waals surface area contributed by atoms with Gasteiger partial charge in [0.1, 0.15) is 0 Å². The van der Waals surface area contributed by atoms with Crippen molar-refractivity contribution in [1.29, 1.82) is 5.26 Å². The highest BCUT2D eigenvalue weighted by molar-refractivity contribution is 7.71. The van der Waals surface area contributed by atoms with Crippen LogP contribution in [0.4, 0.5) is 0 Å². The average molecular weight is 376 g/mol. The quantitative estimate of drug-likeness (QED) is 0.465. The fourth-order valence-corrected chi connectivity index (χ4v) is 3.12. The Morgan fingerprint density at radius 2 is 2.19 bits per heavy atom. The second kappa shape index (κ2) is 8.54. The molecule has 0 aliphatic carbocycles. The van der Waals surface area contributed by atoms with Crippen molar-refractivity contribution in [2.24, 2.45) is 0 Å². The molecule has 7 heteroatoms. The molecule has 0 unspecified atom stereocenters. The maximum Gasteiger partial charge on any atom is 0.199 e. The van der Waals surface area contributed by atoms with Crippen molar-refractivity contribution in [3.63, 3.8) is 0 Å². The fraction of sp³-hybridized carbons (Fsp3) is 0.200. The third kappa shape index (κ3) is 4.37. The molecule has 0 saturated heterocycles. The van der Waals surface area contributed by atoms with Gasteiger partial charge in [-0.3, -0.25) is 14.5 Å². The molecule has 3 aromatic rings. The van der Waals surface area contributed by atoms with Gasteiger partial charge in [-0.25, -0.2) is 4.68 Å². The summed E-state index contributed by atoms with van der Waals surface area (Å²) in [6.45, 7) is 5.62. The number of benzene rings is 1. The Balaban J connectivity index is 1.85. The summed E-state index contributed by atoms with van der Waals surface area (Å²) in [7, 11) is 2.00. The van der Waals surface area contributed by atoms with Crippen LogP contribution in [-0.2, 0) is 19.8 Å². The molecule has 0 saturated carbocycles. The molecule has 0 N–H and O–H groups in total. The van der Waals surface area contributed by atoms with Gasteiger partial charge in [0.05, 0.1) is 18.3 Å². The van der Waals surface area contributed by atoms with Gasteiger partial charge in [0, 0.05) is 31.0 Å². The van der Waals surface area contributed by atoms with Gasteiger partial charge in [-0.1, -0.05) is 18.2 Å². The Bertz CT molecular complexity index is 1030. The zero-order valence-corrected chi connectivity index (χ0v) is 15.9. The van der Waals surface area contributed by atoms with E-state index in [2.05, 4.69) is 22.5 Å². The van der Waals surface area contributed by atoms with Crippen LogP contribution in [0, 0.1) is 16.1 Å². The molecule has 0 spiro atoms. The van der Waals surface area contributed by atoms with Crippen LogP contribution < -0.4 is 0 Å². The molecule has 0 aliphatic rings. The molecule has 0 aliphatic heterocycles. The van der Waals surface area contributed by atoms with Gasteiger partial charge < -0.3 is 0 Å². The molecule has 0 bridgehead atoms. The first kappa shape index (κ1) is 18.7. The van der Waals surface area contributed by atoms with E-state index in [9.17, 15) is 0 Å². The number of nitrogens with zero attached hydrogens (tertiary/aromatic N) is 6. The van der Waals surface area contributed by atoms with Gasteiger partial charge in [-0.05, 0) is 49.1 Å². The number of rotatable bonds is 7. The Labute approximate surface area is 163 Å². The number of hydrogen-bond donors (Lipinski definition) is 0. The molecule has 0 atom stereocenters. The third-order valence-electron chi connectivity index (χ3n) is 4.04. The molecular weight excluding hydrogens is 356 g/mol. The minimum Gasteiger partial charge on any atom is -0.296 e. The molecule has 0 fully saturated rings. The van der Waals surface area contributed by atoms with Crippen LogP contribution in [0.15, 0.2) is 61.4 Å². The lowest BCUT2D eigenvalue weighted by atomic mass is 10.1. The van der Waals surface area contributed by atoms with Crippen LogP contribution in [0.25, 0.3) is 11.4 Å². The summed E-state index contributed by atoms with van der Waals surface area (Å²) in [5.74, 6) is 0.771. The summed E-state index contributed by atoms with van der Waals surface area (Å²) in [6.07, 6.45) is 5.31. The number of pyridine rings is 1. The molecule has 136 valence electrons. The maximum absolute atomic E-state index is 9.05. The number of nitriles is 1. The summed E-state index contributed by atoms with van der Waals surface area (Å²) >= 11 is 5.63. The van der Waals surface area contributed by atoms with Crippen molar-refractivity contribution in [3.05, 3.63) is 77.3 Å². The molecule has 3 rings (SSSR count). The van der Waals surface area contributed by atoms with Crippen LogP contribution in [-0.4, -0.2) is 31.3 Å². The van der Waals surface area contributed by atoms with Gasteiger partial charge in [0.25, 0.3) is 0 Å². The Morgan fingerprint density at radius 1 is 1.33 bits per heavy atom. The van der Waals surface area contributed by atoms with E-state index in [0.29, 0.717) is 30.1 Å². The first-order valence-corrected chi connectivity index (χ1v) is 8.89. The van der Waals surface area contributed by atoms with Crippen LogP contribution >= 0.6 is 12.2 Å². The molecule has 2 aromatic heterocycles. The second-order valence-corrected chi connectivity index (χ2v) is 6.58. The fourth-order valence-electron chi connectivity index (χ4n) is 2.86. The molecule has 2 heterocycles. The van der Waals surface area contributed by atoms with Crippen molar-refractivity contribution >= 4 is 12.2 Å². The molecule has 0 amide bonds. The third-order valence-corrected chi connectivity index (χ3v) is 4.47. The SMILES string of the molecule is C=CCn1c(-c2cccnc2)nn(CN(C)Cc2cccc(C#N)c2)c1=S. The number of allylic oxidation sites excluding steroid dienone is 1. The van der Waals surface area contributed by atoms with Crippen molar-refractivity contribution in [3.8, 4) is 17.5 Å². The minimum atomic E-state index is 0.535. The van der Waals surface area contributed by atoms with E-state index in [1.807, 2.05) is 41.9 Å². The standard InChI is InChI=1S/C20H20N6S/c1-3-10-25-19(18-8-5-9-22-13-18)23-26(20(25)27)15-24(2)14-17-7-4-6-16(11-17)12-21/h3-9,11,13H,1,10,14-15H2,2H3. The summed E-state index contributed by atoms with van der Waals surface area (Å²) < 4.78 is 4.38. The number of aromatic nitrogens is 4. The molecule has 27 heavy (non-hydrogen) atoms. The lowest BCUT2D eigenvalue weighted by molar-refractivity contribution is 0.244. The largest absolute Gasteiger partial charge is 0.296 e. The van der Waals surface area contributed by atoms with E-state index in [1.165, 1.54) is 0 Å². The molecular formula is C20H20N6S. The van der Waals surface area contributed by atoms with Crippen LogP contribution in [0.2, 0.25) is 0 Å². The van der Waals surface area contributed by atoms with E-state index in [1.54, 1.807) is 29.2 Å². The lowest BCUT2D eigenvalue weighted by Crippen LogP contribution is -2.22.